The lowest BCUT2D eigenvalue weighted by atomic mass is 10.2. The van der Waals surface area contributed by atoms with Gasteiger partial charge in [0.15, 0.2) is 0 Å². The van der Waals surface area contributed by atoms with E-state index in [-0.39, 0.29) is 0 Å². The van der Waals surface area contributed by atoms with E-state index in [9.17, 15) is 0 Å². The van der Waals surface area contributed by atoms with Crippen molar-refractivity contribution in [1.29, 1.82) is 0 Å². The van der Waals surface area contributed by atoms with E-state index >= 15 is 0 Å². The van der Waals surface area contributed by atoms with Crippen molar-refractivity contribution in [2.24, 2.45) is 5.73 Å². The molecule has 2 N–H and O–H groups in total. The maximum absolute atomic E-state index is 5.53. The predicted molar refractivity (Wildman–Crippen MR) is 94.5 cm³/mol. The molecule has 0 aliphatic carbocycles. The van der Waals surface area contributed by atoms with Gasteiger partial charge in [0.2, 0.25) is 0 Å². The minimum Gasteiger partial charge on any atom is -0.330 e. The first kappa shape index (κ1) is 18.5. The van der Waals surface area contributed by atoms with Crippen LogP contribution in [-0.4, -0.2) is 35.3 Å². The maximum atomic E-state index is 5.53. The number of thioether (sulfide) groups is 1. The topological polar surface area (TPSA) is 42.2 Å². The van der Waals surface area contributed by atoms with Gasteiger partial charge in [-0.05, 0) is 43.6 Å². The van der Waals surface area contributed by atoms with E-state index in [4.69, 9.17) is 5.73 Å². The van der Waals surface area contributed by atoms with Gasteiger partial charge < -0.3 is 5.73 Å². The Morgan fingerprint density at radius 1 is 1.19 bits per heavy atom. The Labute approximate surface area is 134 Å². The molecular weight excluding hydrogens is 278 g/mol. The number of nitrogens with two attached hydrogens (primary N) is 1. The van der Waals surface area contributed by atoms with E-state index in [1.165, 1.54) is 50.0 Å². The van der Waals surface area contributed by atoms with Gasteiger partial charge in [-0.1, -0.05) is 26.7 Å². The number of hydrogen-bond acceptors (Lipinski definition) is 4. The molecule has 120 valence electrons. The zero-order valence-electron chi connectivity index (χ0n) is 13.7. The van der Waals surface area contributed by atoms with Crippen molar-refractivity contribution in [1.82, 2.24) is 9.88 Å². The zero-order chi connectivity index (χ0) is 15.3. The third-order valence-corrected chi connectivity index (χ3v) is 4.48. The maximum Gasteiger partial charge on any atom is 0.0505 e. The fourth-order valence-corrected chi connectivity index (χ4v) is 2.94. The molecule has 1 aromatic rings. The molecule has 1 aromatic heterocycles. The second-order valence-electron chi connectivity index (χ2n) is 5.48. The van der Waals surface area contributed by atoms with Crippen molar-refractivity contribution in [3.05, 3.63) is 29.6 Å². The summed E-state index contributed by atoms with van der Waals surface area (Å²) in [6.45, 7) is 8.73. The third kappa shape index (κ3) is 8.44. The number of aromatic nitrogens is 1. The predicted octanol–water partition coefficient (Wildman–Crippen LogP) is 3.68. The highest BCUT2D eigenvalue weighted by atomic mass is 32.2. The minimum atomic E-state index is 0.742. The monoisotopic (exact) mass is 309 g/mol. The van der Waals surface area contributed by atoms with Gasteiger partial charge in [0, 0.05) is 30.8 Å². The molecule has 0 aromatic carbocycles. The van der Waals surface area contributed by atoms with E-state index < -0.39 is 0 Å². The van der Waals surface area contributed by atoms with Crippen molar-refractivity contribution in [3.8, 4) is 0 Å². The Morgan fingerprint density at radius 2 is 1.90 bits per heavy atom. The summed E-state index contributed by atoms with van der Waals surface area (Å²) in [4.78, 5) is 7.05. The van der Waals surface area contributed by atoms with E-state index in [0.717, 1.165) is 24.6 Å². The number of pyridine rings is 1. The van der Waals surface area contributed by atoms with Crippen LogP contribution in [-0.2, 0) is 12.3 Å². The smallest absolute Gasteiger partial charge is 0.0505 e. The van der Waals surface area contributed by atoms with Gasteiger partial charge in [-0.2, -0.15) is 11.8 Å². The van der Waals surface area contributed by atoms with Gasteiger partial charge in [0.1, 0.15) is 0 Å². The molecule has 0 spiro atoms. The van der Waals surface area contributed by atoms with Crippen LogP contribution in [0.15, 0.2) is 18.3 Å². The Hall–Kier alpha value is -0.580. The van der Waals surface area contributed by atoms with Crippen LogP contribution in [0.1, 0.15) is 50.8 Å². The Balaban J connectivity index is 2.53. The molecule has 0 aliphatic rings. The second-order valence-corrected chi connectivity index (χ2v) is 6.59. The largest absolute Gasteiger partial charge is 0.330 e. The minimum absolute atomic E-state index is 0.742. The van der Waals surface area contributed by atoms with Crippen molar-refractivity contribution in [2.45, 2.75) is 51.8 Å². The van der Waals surface area contributed by atoms with Crippen molar-refractivity contribution in [2.75, 3.05) is 25.4 Å². The van der Waals surface area contributed by atoms with E-state index in [1.807, 2.05) is 18.0 Å². The van der Waals surface area contributed by atoms with Crippen molar-refractivity contribution < 1.29 is 0 Å². The van der Waals surface area contributed by atoms with Crippen molar-refractivity contribution >= 4 is 11.8 Å². The van der Waals surface area contributed by atoms with E-state index in [0.29, 0.717) is 0 Å². The molecule has 1 rings (SSSR count). The number of hydrogen-bond donors (Lipinski definition) is 1. The Bertz CT molecular complexity index is 363. The molecular formula is C17H31N3S. The fourth-order valence-electron chi connectivity index (χ4n) is 2.26. The molecule has 0 bridgehead atoms. The SMILES string of the molecule is CCCCN(CCCC)Cc1ccnc(CSCCN)c1. The molecule has 0 amide bonds. The summed E-state index contributed by atoms with van der Waals surface area (Å²) < 4.78 is 0. The molecule has 3 nitrogen and oxygen atoms in total. The first-order valence-electron chi connectivity index (χ1n) is 8.24. The fraction of sp³-hybridized carbons (Fsp3) is 0.706. The van der Waals surface area contributed by atoms with Crippen LogP contribution in [0.5, 0.6) is 0 Å². The average Bonchev–Trinajstić information content (AvgIpc) is 2.50. The number of rotatable bonds is 12. The molecule has 0 atom stereocenters. The molecule has 0 unspecified atom stereocenters. The van der Waals surface area contributed by atoms with E-state index in [2.05, 4.69) is 35.9 Å². The normalized spacial score (nSPS) is 11.2. The first-order chi connectivity index (χ1) is 10.3. The standard InChI is InChI=1S/C17H31N3S/c1-3-5-10-20(11-6-4-2)14-16-7-9-19-17(13-16)15-21-12-8-18/h7,9,13H,3-6,8,10-12,14-15,18H2,1-2H3. The molecule has 4 heteroatoms. The molecule has 0 aliphatic heterocycles. The number of unbranched alkanes of at least 4 members (excludes halogenated alkanes) is 2. The summed E-state index contributed by atoms with van der Waals surface area (Å²) in [5.41, 5.74) is 8.10. The lowest BCUT2D eigenvalue weighted by Crippen LogP contribution is -2.25. The highest BCUT2D eigenvalue weighted by Crippen LogP contribution is 2.13. The quantitative estimate of drug-likeness (QED) is 0.598. The highest BCUT2D eigenvalue weighted by Gasteiger charge is 2.06. The first-order valence-corrected chi connectivity index (χ1v) is 9.39. The van der Waals surface area contributed by atoms with Crippen LogP contribution >= 0.6 is 11.8 Å². The molecule has 1 heterocycles. The average molecular weight is 310 g/mol. The van der Waals surface area contributed by atoms with Gasteiger partial charge in [0.05, 0.1) is 5.69 Å². The lowest BCUT2D eigenvalue weighted by molar-refractivity contribution is 0.257. The van der Waals surface area contributed by atoms with Crippen LogP contribution in [0, 0.1) is 0 Å². The van der Waals surface area contributed by atoms with Gasteiger partial charge in [-0.3, -0.25) is 9.88 Å². The van der Waals surface area contributed by atoms with Gasteiger partial charge in [-0.15, -0.1) is 0 Å². The van der Waals surface area contributed by atoms with Crippen LogP contribution in [0.2, 0.25) is 0 Å². The summed E-state index contributed by atoms with van der Waals surface area (Å²) in [6.07, 6.45) is 7.05. The van der Waals surface area contributed by atoms with Crippen LogP contribution in [0.3, 0.4) is 0 Å². The third-order valence-electron chi connectivity index (χ3n) is 3.46. The van der Waals surface area contributed by atoms with Gasteiger partial charge in [0.25, 0.3) is 0 Å². The molecule has 0 saturated heterocycles. The van der Waals surface area contributed by atoms with Crippen LogP contribution in [0.25, 0.3) is 0 Å². The molecule has 21 heavy (non-hydrogen) atoms. The summed E-state index contributed by atoms with van der Waals surface area (Å²) in [5.74, 6) is 1.97. The van der Waals surface area contributed by atoms with Crippen LogP contribution < -0.4 is 5.73 Å². The molecule has 0 radical (unpaired) electrons. The highest BCUT2D eigenvalue weighted by molar-refractivity contribution is 7.98. The second kappa shape index (κ2) is 12.0. The zero-order valence-corrected chi connectivity index (χ0v) is 14.5. The van der Waals surface area contributed by atoms with Gasteiger partial charge in [-0.25, -0.2) is 0 Å². The van der Waals surface area contributed by atoms with E-state index in [1.54, 1.807) is 0 Å². The summed E-state index contributed by atoms with van der Waals surface area (Å²) >= 11 is 1.86. The molecule has 0 fully saturated rings. The lowest BCUT2D eigenvalue weighted by Gasteiger charge is -2.22. The molecule has 0 saturated carbocycles. The van der Waals surface area contributed by atoms with Crippen LogP contribution in [0.4, 0.5) is 0 Å². The van der Waals surface area contributed by atoms with Crippen molar-refractivity contribution in [3.63, 3.8) is 0 Å². The summed E-state index contributed by atoms with van der Waals surface area (Å²) in [5, 5.41) is 0. The Kier molecular flexibility index (Phi) is 10.6. The summed E-state index contributed by atoms with van der Waals surface area (Å²) in [6, 6.07) is 4.41. The Morgan fingerprint density at radius 3 is 2.52 bits per heavy atom. The van der Waals surface area contributed by atoms with Gasteiger partial charge >= 0.3 is 0 Å². The number of nitrogens with zero attached hydrogens (tertiary/aromatic N) is 2. The summed E-state index contributed by atoms with van der Waals surface area (Å²) in [7, 11) is 0.